The number of azo groups is 2. The van der Waals surface area contributed by atoms with Gasteiger partial charge < -0.3 is 20.3 Å². The van der Waals surface area contributed by atoms with E-state index in [9.17, 15) is 44.0 Å². The van der Waals surface area contributed by atoms with Crippen molar-refractivity contribution < 1.29 is 82.8 Å². The number of nitrogens with zero attached hydrogens (tertiary/aromatic N) is 5. The molecule has 0 spiro atoms. The number of aliphatic imine (C=N–C) groups is 1. The summed E-state index contributed by atoms with van der Waals surface area (Å²) in [7, 11) is -12.5. The summed E-state index contributed by atoms with van der Waals surface area (Å²) in [6.07, 6.45) is 0.916. The minimum absolute atomic E-state index is 0.0227. The molecule has 326 valence electrons. The number of anilines is 1. The van der Waals surface area contributed by atoms with Gasteiger partial charge in [-0.3, -0.25) is 13.7 Å². The maximum Gasteiger partial charge on any atom is 0.296 e. The molecular weight excluding hydrogens is 929 g/mol. The lowest BCUT2D eigenvalue weighted by Gasteiger charge is -2.13. The van der Waals surface area contributed by atoms with Crippen LogP contribution in [0.3, 0.4) is 0 Å². The molecule has 0 aliphatic heterocycles. The van der Waals surface area contributed by atoms with Gasteiger partial charge in [0.1, 0.15) is 31.8 Å². The van der Waals surface area contributed by atoms with Crippen LogP contribution in [0.5, 0.6) is 11.5 Å². The third-order valence-corrected chi connectivity index (χ3v) is 12.3. The van der Waals surface area contributed by atoms with Crippen LogP contribution in [0.15, 0.2) is 117 Å². The molecule has 6 aromatic carbocycles. The molecule has 0 fully saturated rings. The van der Waals surface area contributed by atoms with Crippen molar-refractivity contribution in [3.05, 3.63) is 66.7 Å². The van der Waals surface area contributed by atoms with Gasteiger partial charge in [-0.05, 0) is 60.0 Å². The average molecular weight is 955 g/mol. The Morgan fingerprint density at radius 1 is 0.629 bits per heavy atom. The van der Waals surface area contributed by atoms with Crippen LogP contribution in [0.4, 0.5) is 34.1 Å². The van der Waals surface area contributed by atoms with E-state index >= 15 is 0 Å². The number of nitrogens with two attached hydrogens (primary N) is 1. The van der Waals surface area contributed by atoms with E-state index in [1.165, 1.54) is 44.6 Å². The molecule has 29 heteroatoms. The first-order valence-electron chi connectivity index (χ1n) is 16.3. The lowest BCUT2D eigenvalue weighted by atomic mass is 10.1. The van der Waals surface area contributed by atoms with Crippen molar-refractivity contribution in [2.45, 2.75) is 24.5 Å². The summed E-state index contributed by atoms with van der Waals surface area (Å²) in [5.74, 6) is -0.667. The zero-order valence-electron chi connectivity index (χ0n) is 30.9. The number of aromatic hydroxyl groups is 1. The maximum absolute atomic E-state index is 12.6. The van der Waals surface area contributed by atoms with E-state index in [1.54, 1.807) is 0 Å². The second kappa shape index (κ2) is 18.4. The summed E-state index contributed by atoms with van der Waals surface area (Å²) in [5, 5.41) is 52.8. The van der Waals surface area contributed by atoms with Crippen molar-refractivity contribution in [2.24, 2.45) is 25.4 Å². The minimum atomic E-state index is -5.10. The van der Waals surface area contributed by atoms with Crippen LogP contribution in [0.25, 0.3) is 32.3 Å². The molecule has 0 saturated heterocycles. The molecule has 0 radical (unpaired) electrons. The maximum atomic E-state index is 12.6. The highest BCUT2D eigenvalue weighted by molar-refractivity contribution is 7.95. The molecule has 0 bridgehead atoms. The first-order chi connectivity index (χ1) is 29.3. The van der Waals surface area contributed by atoms with E-state index in [1.807, 2.05) is 0 Å². The fourth-order valence-corrected chi connectivity index (χ4v) is 8.83. The molecule has 62 heavy (non-hydrogen) atoms. The summed E-state index contributed by atoms with van der Waals surface area (Å²) in [6, 6.07) is 13.0. The second-order valence-electron chi connectivity index (χ2n) is 12.1. The first kappa shape index (κ1) is 45.9. The van der Waals surface area contributed by atoms with E-state index in [0.29, 0.717) is 24.1 Å². The Morgan fingerprint density at radius 3 is 1.85 bits per heavy atom. The number of phenols is 1. The molecule has 24 nitrogen and oxygen atoms in total. The van der Waals surface area contributed by atoms with Gasteiger partial charge in [-0.1, -0.05) is 16.1 Å². The van der Waals surface area contributed by atoms with Gasteiger partial charge in [0, 0.05) is 37.9 Å². The number of methoxy groups -OCH3 is 2. The molecule has 0 heterocycles. The number of hydrogen-bond acceptors (Lipinski definition) is 23. The highest BCUT2D eigenvalue weighted by Gasteiger charge is 2.24. The zero-order chi connectivity index (χ0) is 45.1. The number of hydrogen-bond donors (Lipinski definition) is 7. The Morgan fingerprint density at radius 2 is 1.24 bits per heavy atom. The highest BCUT2D eigenvalue weighted by Crippen LogP contribution is 2.48. The number of benzene rings is 6. The normalized spacial score (nSPS) is 12.8. The largest absolute Gasteiger partial charge is 0.505 e. The van der Waals surface area contributed by atoms with Crippen molar-refractivity contribution in [3.8, 4) is 11.5 Å². The average Bonchev–Trinajstić information content (AvgIpc) is 3.21. The molecule has 0 amide bonds. The number of ether oxygens (including phenoxy) is 2. The summed E-state index contributed by atoms with van der Waals surface area (Å²) in [5.41, 5.74) is 4.55. The minimum Gasteiger partial charge on any atom is -0.505 e. The Hall–Kier alpha value is -5.64. The van der Waals surface area contributed by atoms with E-state index in [0.717, 1.165) is 42.8 Å². The Balaban J connectivity index is 1.56. The van der Waals surface area contributed by atoms with Crippen LogP contribution in [0.2, 0.25) is 0 Å². The monoisotopic (exact) mass is 954 g/mol. The van der Waals surface area contributed by atoms with Crippen LogP contribution in [0, 0.1) is 0 Å². The molecular formula is C33H26N6O18S5. The van der Waals surface area contributed by atoms with Crippen molar-refractivity contribution in [1.82, 2.24) is 0 Å². The third-order valence-electron chi connectivity index (χ3n) is 8.37. The number of phenolic OH excluding ortho intramolecular Hbond substituents is 1. The third kappa shape index (κ3) is 9.85. The van der Waals surface area contributed by atoms with Crippen molar-refractivity contribution in [3.63, 3.8) is 0 Å². The SMILES string of the molecule is CO/C=N\c1cc(S(=O)(=O)O)c2cc(N=Nc3cc(OC)c(N=Nc4c(SOOO)cc5cc(S(=O)(=O)O)c(N)cc5c4O)c4ccc(SOOO)cc34)cc(S(=O)(=O)O)c2c1. The molecule has 0 aliphatic carbocycles. The predicted molar refractivity (Wildman–Crippen MR) is 219 cm³/mol. The summed E-state index contributed by atoms with van der Waals surface area (Å²) >= 11 is 0.868. The van der Waals surface area contributed by atoms with Crippen LogP contribution < -0.4 is 10.5 Å². The van der Waals surface area contributed by atoms with Gasteiger partial charge in [0.25, 0.3) is 30.4 Å². The van der Waals surface area contributed by atoms with E-state index in [-0.39, 0.29) is 70.9 Å². The smallest absolute Gasteiger partial charge is 0.296 e. The van der Waals surface area contributed by atoms with Gasteiger partial charge in [-0.15, -0.1) is 24.0 Å². The molecule has 6 aromatic rings. The standard InChI is InChI=1S/C33H26N6O18S5/c1-52-14-35-16-7-22-23(28(9-16)60(43,44)45)8-17(10-29(22)61(46,47)48)36-37-25-13-26(53-2)31(19-4-3-18(11-21(19)25)58-56-54-41)38-39-32-27(59-57-55-42)5-15-6-30(62(49,50)51)24(34)12-20(15)33(32)40/h3-14,40-42H,34H2,1-2H3,(H,43,44,45)(H,46,47,48)(H,49,50,51)/b35-14-,37-36?,39-38?. The Bertz CT molecular complexity index is 3210. The van der Waals surface area contributed by atoms with Gasteiger partial charge in [-0.2, -0.15) is 30.4 Å². The fourth-order valence-electron chi connectivity index (χ4n) is 5.87. The molecule has 0 saturated carbocycles. The summed E-state index contributed by atoms with van der Waals surface area (Å²) in [4.78, 5) is 1.75. The molecule has 0 atom stereocenters. The number of rotatable bonds is 16. The molecule has 8 N–H and O–H groups in total. The topological polar surface area (TPSA) is 367 Å². The van der Waals surface area contributed by atoms with E-state index < -0.39 is 61.9 Å². The van der Waals surface area contributed by atoms with Crippen molar-refractivity contribution in [2.75, 3.05) is 20.0 Å². The van der Waals surface area contributed by atoms with E-state index in [2.05, 4.69) is 44.2 Å². The fraction of sp³-hybridized carbons (Fsp3) is 0.0606. The van der Waals surface area contributed by atoms with Gasteiger partial charge >= 0.3 is 0 Å². The Labute approximate surface area is 356 Å². The lowest BCUT2D eigenvalue weighted by Crippen LogP contribution is -2.03. The van der Waals surface area contributed by atoms with Gasteiger partial charge in [-0.25, -0.2) is 15.5 Å². The van der Waals surface area contributed by atoms with Gasteiger partial charge in [0.15, 0.2) is 12.2 Å². The van der Waals surface area contributed by atoms with Crippen molar-refractivity contribution in [1.29, 1.82) is 0 Å². The van der Waals surface area contributed by atoms with Crippen LogP contribution >= 0.6 is 24.1 Å². The lowest BCUT2D eigenvalue weighted by molar-refractivity contribution is -0.432. The summed E-state index contributed by atoms with van der Waals surface area (Å²) < 4.78 is 123. The number of fused-ring (bicyclic) bond motifs is 3. The Kier molecular flexibility index (Phi) is 13.6. The second-order valence-corrected chi connectivity index (χ2v) is 17.8. The van der Waals surface area contributed by atoms with Gasteiger partial charge in [0.05, 0.1) is 66.0 Å². The number of nitrogen functional groups attached to an aromatic ring is 1. The zero-order valence-corrected chi connectivity index (χ0v) is 34.9. The molecule has 0 aromatic heterocycles. The van der Waals surface area contributed by atoms with Crippen LogP contribution in [0.1, 0.15) is 0 Å². The first-order valence-corrected chi connectivity index (χ1v) is 22.1. The summed E-state index contributed by atoms with van der Waals surface area (Å²) in [6.45, 7) is 0. The highest BCUT2D eigenvalue weighted by atomic mass is 32.2. The molecule has 6 rings (SSSR count). The van der Waals surface area contributed by atoms with Crippen molar-refractivity contribution >= 4 is 127 Å². The van der Waals surface area contributed by atoms with Crippen LogP contribution in [-0.4, -0.2) is 75.2 Å². The van der Waals surface area contributed by atoms with Gasteiger partial charge in [0.2, 0.25) is 0 Å². The quantitative estimate of drug-likeness (QED) is 0.00702. The molecule has 0 unspecified atom stereocenters. The van der Waals surface area contributed by atoms with Crippen LogP contribution in [-0.2, 0) is 53.8 Å². The predicted octanol–water partition coefficient (Wildman–Crippen LogP) is 8.18. The molecule has 0 aliphatic rings. The van der Waals surface area contributed by atoms with E-state index in [4.69, 9.17) is 25.7 Å².